The second kappa shape index (κ2) is 7.51. The summed E-state index contributed by atoms with van der Waals surface area (Å²) in [6, 6.07) is 7.89. The van der Waals surface area contributed by atoms with E-state index >= 15 is 0 Å². The molecule has 2 aliphatic heterocycles. The van der Waals surface area contributed by atoms with E-state index in [9.17, 15) is 4.79 Å². The Balaban J connectivity index is 1.80. The first-order valence-corrected chi connectivity index (χ1v) is 9.04. The van der Waals surface area contributed by atoms with Crippen LogP contribution in [-0.2, 0) is 9.53 Å². The number of hydrogen-bond donors (Lipinski definition) is 0. The van der Waals surface area contributed by atoms with Crippen molar-refractivity contribution in [3.8, 4) is 5.75 Å². The Morgan fingerprint density at radius 3 is 3.00 bits per heavy atom. The van der Waals surface area contributed by atoms with Crippen LogP contribution in [0.3, 0.4) is 0 Å². The molecule has 1 aromatic carbocycles. The van der Waals surface area contributed by atoms with Crippen LogP contribution >= 0.6 is 24.0 Å². The Morgan fingerprint density at radius 1 is 1.42 bits per heavy atom. The maximum absolute atomic E-state index is 12.6. The van der Waals surface area contributed by atoms with Crippen molar-refractivity contribution in [3.05, 3.63) is 46.4 Å². The van der Waals surface area contributed by atoms with Gasteiger partial charge in [0.2, 0.25) is 0 Å². The Labute approximate surface area is 151 Å². The summed E-state index contributed by atoms with van der Waals surface area (Å²) in [6.45, 7) is 3.18. The minimum atomic E-state index is -0.100. The number of fused-ring (bicyclic) bond motifs is 1. The molecule has 0 saturated carbocycles. The van der Waals surface area contributed by atoms with Crippen molar-refractivity contribution in [2.75, 3.05) is 20.3 Å². The number of hydrogen-bond acceptors (Lipinski definition) is 5. The molecule has 0 bridgehead atoms. The van der Waals surface area contributed by atoms with Crippen LogP contribution in [0.4, 0.5) is 0 Å². The van der Waals surface area contributed by atoms with Crippen LogP contribution in [0.1, 0.15) is 18.9 Å². The maximum Gasteiger partial charge on any atom is 0.266 e. The maximum atomic E-state index is 12.6. The largest absolute Gasteiger partial charge is 0.485 e. The molecule has 1 fully saturated rings. The van der Waals surface area contributed by atoms with Crippen LogP contribution in [-0.4, -0.2) is 41.5 Å². The molecule has 1 aromatic rings. The molecule has 2 aliphatic rings. The van der Waals surface area contributed by atoms with Crippen molar-refractivity contribution >= 4 is 40.3 Å². The standard InChI is InChI=1S/C18H19NO3S2/c1-12-14(10-13-6-3-4-7-15(13)22-12)11-16-17(20)19(18(23)24-16)8-5-9-21-2/h3-4,6-7,10-12H,5,8-9H2,1-2H3/b16-11-/t12-/m0/s1. The molecule has 0 radical (unpaired) electrons. The zero-order valence-corrected chi connectivity index (χ0v) is 15.3. The summed E-state index contributed by atoms with van der Waals surface area (Å²) in [6.07, 6.45) is 4.64. The average molecular weight is 361 g/mol. The molecule has 1 amide bonds. The first-order valence-electron chi connectivity index (χ1n) is 7.81. The number of amides is 1. The van der Waals surface area contributed by atoms with Gasteiger partial charge in [0.25, 0.3) is 5.91 Å². The number of carbonyl (C=O) groups excluding carboxylic acids is 1. The smallest absolute Gasteiger partial charge is 0.266 e. The van der Waals surface area contributed by atoms with Gasteiger partial charge in [0.05, 0.1) is 4.91 Å². The Bertz CT molecular complexity index is 727. The number of rotatable bonds is 5. The van der Waals surface area contributed by atoms with Crippen molar-refractivity contribution < 1.29 is 14.3 Å². The summed E-state index contributed by atoms with van der Waals surface area (Å²) in [4.78, 5) is 14.9. The van der Waals surface area contributed by atoms with E-state index in [2.05, 4.69) is 6.08 Å². The number of methoxy groups -OCH3 is 1. The highest BCUT2D eigenvalue weighted by Crippen LogP contribution is 2.35. The molecule has 1 atom stereocenters. The summed E-state index contributed by atoms with van der Waals surface area (Å²) < 4.78 is 11.6. The molecule has 0 aromatic heterocycles. The van der Waals surface area contributed by atoms with Crippen molar-refractivity contribution in [3.63, 3.8) is 0 Å². The van der Waals surface area contributed by atoms with Crippen molar-refractivity contribution in [2.45, 2.75) is 19.4 Å². The van der Waals surface area contributed by atoms with Gasteiger partial charge in [-0.05, 0) is 37.1 Å². The van der Waals surface area contributed by atoms with E-state index in [1.54, 1.807) is 12.0 Å². The topological polar surface area (TPSA) is 38.8 Å². The summed E-state index contributed by atoms with van der Waals surface area (Å²) in [7, 11) is 1.65. The van der Waals surface area contributed by atoms with E-state index in [4.69, 9.17) is 21.7 Å². The molecular formula is C18H19NO3S2. The first-order chi connectivity index (χ1) is 11.6. The molecule has 0 unspecified atom stereocenters. The van der Waals surface area contributed by atoms with Gasteiger partial charge < -0.3 is 9.47 Å². The van der Waals surface area contributed by atoms with Gasteiger partial charge in [-0.1, -0.05) is 42.2 Å². The van der Waals surface area contributed by atoms with Gasteiger partial charge >= 0.3 is 0 Å². The van der Waals surface area contributed by atoms with Crippen LogP contribution in [0, 0.1) is 0 Å². The molecule has 6 heteroatoms. The van der Waals surface area contributed by atoms with Gasteiger partial charge in [0, 0.05) is 25.8 Å². The van der Waals surface area contributed by atoms with E-state index in [1.807, 2.05) is 37.3 Å². The van der Waals surface area contributed by atoms with Crippen molar-refractivity contribution in [1.82, 2.24) is 4.90 Å². The van der Waals surface area contributed by atoms with Crippen LogP contribution < -0.4 is 4.74 Å². The van der Waals surface area contributed by atoms with E-state index in [0.29, 0.717) is 22.4 Å². The fraction of sp³-hybridized carbons (Fsp3) is 0.333. The van der Waals surface area contributed by atoms with E-state index < -0.39 is 0 Å². The number of thiocarbonyl (C=S) groups is 1. The number of ether oxygens (including phenoxy) is 2. The van der Waals surface area contributed by atoms with E-state index in [1.165, 1.54) is 11.8 Å². The second-order valence-electron chi connectivity index (χ2n) is 5.62. The summed E-state index contributed by atoms with van der Waals surface area (Å²) >= 11 is 6.69. The lowest BCUT2D eigenvalue weighted by Gasteiger charge is -2.23. The predicted molar refractivity (Wildman–Crippen MR) is 101 cm³/mol. The Hall–Kier alpha value is -1.63. The molecule has 0 N–H and O–H groups in total. The molecule has 4 nitrogen and oxygen atoms in total. The minimum absolute atomic E-state index is 0.0342. The third kappa shape index (κ3) is 3.55. The third-order valence-electron chi connectivity index (χ3n) is 3.92. The molecule has 24 heavy (non-hydrogen) atoms. The van der Waals surface area contributed by atoms with Crippen LogP contribution in [0.2, 0.25) is 0 Å². The van der Waals surface area contributed by atoms with Crippen molar-refractivity contribution in [1.29, 1.82) is 0 Å². The number of benzene rings is 1. The summed E-state index contributed by atoms with van der Waals surface area (Å²) in [5.74, 6) is 0.835. The van der Waals surface area contributed by atoms with Crippen LogP contribution in [0.15, 0.2) is 40.8 Å². The minimum Gasteiger partial charge on any atom is -0.485 e. The molecular weight excluding hydrogens is 342 g/mol. The van der Waals surface area contributed by atoms with Gasteiger partial charge in [-0.2, -0.15) is 0 Å². The van der Waals surface area contributed by atoms with E-state index in [0.717, 1.165) is 23.3 Å². The van der Waals surface area contributed by atoms with Crippen LogP contribution in [0.25, 0.3) is 6.08 Å². The van der Waals surface area contributed by atoms with Gasteiger partial charge in [-0.3, -0.25) is 9.69 Å². The highest BCUT2D eigenvalue weighted by atomic mass is 32.2. The normalized spacial score (nSPS) is 21.8. The van der Waals surface area contributed by atoms with Gasteiger partial charge in [0.1, 0.15) is 16.2 Å². The van der Waals surface area contributed by atoms with Gasteiger partial charge in [-0.25, -0.2) is 0 Å². The van der Waals surface area contributed by atoms with Gasteiger partial charge in [-0.15, -0.1) is 0 Å². The predicted octanol–water partition coefficient (Wildman–Crippen LogP) is 3.63. The zero-order chi connectivity index (χ0) is 17.1. The highest BCUT2D eigenvalue weighted by molar-refractivity contribution is 8.26. The lowest BCUT2D eigenvalue weighted by molar-refractivity contribution is -0.122. The Kier molecular flexibility index (Phi) is 5.38. The van der Waals surface area contributed by atoms with Crippen molar-refractivity contribution in [2.24, 2.45) is 0 Å². The van der Waals surface area contributed by atoms with E-state index in [-0.39, 0.29) is 12.0 Å². The monoisotopic (exact) mass is 361 g/mol. The quantitative estimate of drug-likeness (QED) is 0.455. The fourth-order valence-electron chi connectivity index (χ4n) is 2.63. The third-order valence-corrected chi connectivity index (χ3v) is 5.29. The molecule has 0 aliphatic carbocycles. The molecule has 1 saturated heterocycles. The zero-order valence-electron chi connectivity index (χ0n) is 13.7. The fourth-order valence-corrected chi connectivity index (χ4v) is 3.94. The molecule has 126 valence electrons. The molecule has 3 rings (SSSR count). The lowest BCUT2D eigenvalue weighted by atomic mass is 10.0. The van der Waals surface area contributed by atoms with Gasteiger partial charge in [0.15, 0.2) is 0 Å². The summed E-state index contributed by atoms with van der Waals surface area (Å²) in [5.41, 5.74) is 2.00. The average Bonchev–Trinajstić information content (AvgIpc) is 2.83. The number of nitrogens with zero attached hydrogens (tertiary/aromatic N) is 1. The number of para-hydroxylation sites is 1. The van der Waals surface area contributed by atoms with Crippen LogP contribution in [0.5, 0.6) is 5.75 Å². The molecule has 2 heterocycles. The first kappa shape index (κ1) is 17.2. The Morgan fingerprint density at radius 2 is 2.21 bits per heavy atom. The SMILES string of the molecule is COCCCN1C(=O)/C(=C/C2=Cc3ccccc3O[C@H]2C)SC1=S. The lowest BCUT2D eigenvalue weighted by Crippen LogP contribution is -2.29. The number of carbonyl (C=O) groups is 1. The summed E-state index contributed by atoms with van der Waals surface area (Å²) in [5, 5.41) is 0. The molecule has 0 spiro atoms. The number of thioether (sulfide) groups is 1. The second-order valence-corrected chi connectivity index (χ2v) is 7.30. The highest BCUT2D eigenvalue weighted by Gasteiger charge is 2.32.